The molecule has 33 heavy (non-hydrogen) atoms. The van der Waals surface area contributed by atoms with Gasteiger partial charge in [0, 0.05) is 0 Å². The van der Waals surface area contributed by atoms with Gasteiger partial charge < -0.3 is 10.2 Å². The second kappa shape index (κ2) is 11.2. The molecule has 0 aliphatic heterocycles. The quantitative estimate of drug-likeness (QED) is 0.242. The Labute approximate surface area is 202 Å². The second-order valence-corrected chi connectivity index (χ2v) is 20.4. The number of hydrogen-bond acceptors (Lipinski definition) is 2. The second-order valence-electron chi connectivity index (χ2n) is 10.7. The summed E-state index contributed by atoms with van der Waals surface area (Å²) in [6, 6.07) is 27.5. The molecule has 0 saturated heterocycles. The van der Waals surface area contributed by atoms with Gasteiger partial charge in [0.2, 0.25) is 0 Å². The largest absolute Gasteiger partial charge is 0.508 e. The Morgan fingerprint density at radius 1 is 0.515 bits per heavy atom. The summed E-state index contributed by atoms with van der Waals surface area (Å²) in [5.74, 6) is 0.853. The molecule has 0 aromatic heterocycles. The van der Waals surface area contributed by atoms with E-state index in [1.165, 1.54) is 23.7 Å². The van der Waals surface area contributed by atoms with Gasteiger partial charge in [0.1, 0.15) is 11.5 Å². The molecule has 0 amide bonds. The smallest absolute Gasteiger partial charge is 0.118 e. The maximum atomic E-state index is 10.0. The van der Waals surface area contributed by atoms with Gasteiger partial charge in [0.05, 0.1) is 16.1 Å². The Morgan fingerprint density at radius 3 is 1.36 bits per heavy atom. The van der Waals surface area contributed by atoms with Gasteiger partial charge >= 0.3 is 0 Å². The first-order valence-corrected chi connectivity index (χ1v) is 18.8. The lowest BCUT2D eigenvalue weighted by Crippen LogP contribution is -2.45. The van der Waals surface area contributed by atoms with Crippen LogP contribution < -0.4 is 10.4 Å². The maximum absolute atomic E-state index is 10.0. The van der Waals surface area contributed by atoms with Crippen LogP contribution in [0.5, 0.6) is 11.5 Å². The summed E-state index contributed by atoms with van der Waals surface area (Å²) in [7, 11) is -2.96. The average molecular weight is 477 g/mol. The van der Waals surface area contributed by atoms with E-state index in [1.54, 1.807) is 17.3 Å². The molecule has 0 aliphatic carbocycles. The van der Waals surface area contributed by atoms with Crippen LogP contribution in [-0.2, 0) is 12.8 Å². The average Bonchev–Trinajstić information content (AvgIpc) is 2.79. The van der Waals surface area contributed by atoms with Crippen LogP contribution in [0.25, 0.3) is 0 Å². The van der Waals surface area contributed by atoms with Gasteiger partial charge in [-0.05, 0) is 42.5 Å². The minimum atomic E-state index is -1.50. The number of rotatable bonds is 11. The molecule has 0 aliphatic rings. The fourth-order valence-electron chi connectivity index (χ4n) is 4.71. The van der Waals surface area contributed by atoms with Crippen molar-refractivity contribution in [2.45, 2.75) is 70.4 Å². The predicted octanol–water partition coefficient (Wildman–Crippen LogP) is 6.58. The van der Waals surface area contributed by atoms with Crippen LogP contribution >= 0.6 is 0 Å². The first kappa shape index (κ1) is 25.3. The molecule has 3 aromatic carbocycles. The number of para-hydroxylation sites is 2. The van der Waals surface area contributed by atoms with Crippen molar-refractivity contribution in [3.8, 4) is 11.5 Å². The number of hydrogen-bond donors (Lipinski definition) is 2. The summed E-state index contributed by atoms with van der Waals surface area (Å²) >= 11 is 0. The monoisotopic (exact) mass is 476 g/mol. The van der Waals surface area contributed by atoms with Crippen LogP contribution in [0, 0.1) is 0 Å². The van der Waals surface area contributed by atoms with E-state index in [0.717, 1.165) is 36.8 Å². The van der Waals surface area contributed by atoms with Crippen molar-refractivity contribution in [1.82, 2.24) is 0 Å². The summed E-state index contributed by atoms with van der Waals surface area (Å²) in [6.07, 6.45) is 5.36. The predicted molar refractivity (Wildman–Crippen MR) is 148 cm³/mol. The van der Waals surface area contributed by atoms with Gasteiger partial charge in [-0.1, -0.05) is 122 Å². The van der Waals surface area contributed by atoms with Crippen LogP contribution in [-0.4, -0.2) is 26.4 Å². The zero-order valence-corrected chi connectivity index (χ0v) is 22.8. The van der Waals surface area contributed by atoms with E-state index in [1.807, 2.05) is 36.4 Å². The van der Waals surface area contributed by atoms with Crippen LogP contribution in [0.15, 0.2) is 72.8 Å². The van der Waals surface area contributed by atoms with Crippen molar-refractivity contribution in [3.63, 3.8) is 0 Å². The molecule has 0 heterocycles. The molecule has 0 bridgehead atoms. The molecular formula is C29H40O2Si2. The molecule has 0 spiro atoms. The van der Waals surface area contributed by atoms with E-state index < -0.39 is 16.1 Å². The van der Waals surface area contributed by atoms with Crippen molar-refractivity contribution in [2.75, 3.05) is 0 Å². The van der Waals surface area contributed by atoms with Crippen LogP contribution in [0.3, 0.4) is 0 Å². The van der Waals surface area contributed by atoms with Gasteiger partial charge in [-0.2, -0.15) is 0 Å². The van der Waals surface area contributed by atoms with E-state index >= 15 is 0 Å². The highest BCUT2D eigenvalue weighted by Crippen LogP contribution is 2.22. The molecule has 0 unspecified atom stereocenters. The van der Waals surface area contributed by atoms with E-state index in [2.05, 4.69) is 50.5 Å². The van der Waals surface area contributed by atoms with Crippen molar-refractivity contribution in [1.29, 1.82) is 0 Å². The zero-order valence-electron chi connectivity index (χ0n) is 20.8. The van der Waals surface area contributed by atoms with Crippen molar-refractivity contribution in [2.24, 2.45) is 0 Å². The maximum Gasteiger partial charge on any atom is 0.118 e. The van der Waals surface area contributed by atoms with E-state index in [9.17, 15) is 10.2 Å². The lowest BCUT2D eigenvalue weighted by Gasteiger charge is -2.26. The minimum Gasteiger partial charge on any atom is -0.508 e. The Kier molecular flexibility index (Phi) is 8.60. The third-order valence-corrected chi connectivity index (χ3v) is 14.2. The molecule has 2 nitrogen and oxygen atoms in total. The van der Waals surface area contributed by atoms with Crippen molar-refractivity contribution in [3.05, 3.63) is 83.9 Å². The number of benzene rings is 3. The molecule has 3 aromatic rings. The third kappa shape index (κ3) is 7.09. The summed E-state index contributed by atoms with van der Waals surface area (Å²) in [4.78, 5) is 0. The zero-order chi connectivity index (χ0) is 23.9. The van der Waals surface area contributed by atoms with Gasteiger partial charge in [0.25, 0.3) is 0 Å². The highest BCUT2D eigenvalue weighted by molar-refractivity contribution is 6.91. The minimum absolute atomic E-state index is 0.425. The standard InChI is InChI=1S/C29H40O2Si2/c1-32(2,22-10-9-14-24-12-5-7-16-28(24)30)26-18-20-27(21-19-26)33(3,4)23-11-15-25-13-6-8-17-29(25)31/h5-8,12-13,16-21,30-31H,9-11,14-15,22-23H2,1-4H3. The fourth-order valence-corrected chi connectivity index (χ4v) is 9.62. The van der Waals surface area contributed by atoms with Crippen molar-refractivity contribution < 1.29 is 10.2 Å². The summed E-state index contributed by atoms with van der Waals surface area (Å²) < 4.78 is 0. The fraction of sp³-hybridized carbons (Fsp3) is 0.379. The Morgan fingerprint density at radius 2 is 0.909 bits per heavy atom. The molecule has 0 radical (unpaired) electrons. The van der Waals surface area contributed by atoms with E-state index in [4.69, 9.17) is 0 Å². The van der Waals surface area contributed by atoms with E-state index in [0.29, 0.717) is 11.5 Å². The highest BCUT2D eigenvalue weighted by atomic mass is 28.3. The van der Waals surface area contributed by atoms with Crippen LogP contribution in [0.4, 0.5) is 0 Å². The number of aryl methyl sites for hydroxylation is 2. The van der Waals surface area contributed by atoms with Crippen LogP contribution in [0.2, 0.25) is 38.3 Å². The van der Waals surface area contributed by atoms with E-state index in [-0.39, 0.29) is 0 Å². The van der Waals surface area contributed by atoms with Crippen molar-refractivity contribution >= 4 is 26.5 Å². The molecule has 0 atom stereocenters. The summed E-state index contributed by atoms with van der Waals surface area (Å²) in [5.41, 5.74) is 2.13. The Hall–Kier alpha value is -2.31. The third-order valence-electron chi connectivity index (χ3n) is 7.18. The Balaban J connectivity index is 1.51. The first-order chi connectivity index (χ1) is 15.7. The summed E-state index contributed by atoms with van der Waals surface area (Å²) in [6.45, 7) is 9.90. The molecule has 176 valence electrons. The number of unbranched alkanes of at least 4 members (excludes halogenated alkanes) is 1. The van der Waals surface area contributed by atoms with Gasteiger partial charge in [0.15, 0.2) is 0 Å². The lowest BCUT2D eigenvalue weighted by atomic mass is 10.1. The molecular weight excluding hydrogens is 436 g/mol. The highest BCUT2D eigenvalue weighted by Gasteiger charge is 2.26. The molecule has 0 saturated carbocycles. The Bertz CT molecular complexity index is 1030. The molecule has 2 N–H and O–H groups in total. The van der Waals surface area contributed by atoms with Crippen LogP contribution in [0.1, 0.15) is 30.4 Å². The summed E-state index contributed by atoms with van der Waals surface area (Å²) in [5, 5.41) is 23.1. The van der Waals surface area contributed by atoms with Gasteiger partial charge in [-0.3, -0.25) is 0 Å². The SMILES string of the molecule is C[Si](C)(CCCCc1ccccc1O)c1ccc([Si](C)(C)CCCc2ccccc2O)cc1. The number of phenols is 2. The number of aromatic hydroxyl groups is 2. The topological polar surface area (TPSA) is 40.5 Å². The molecule has 0 fully saturated rings. The first-order valence-electron chi connectivity index (χ1n) is 12.3. The normalized spacial score (nSPS) is 12.1. The molecule has 3 rings (SSSR count). The van der Waals surface area contributed by atoms with Gasteiger partial charge in [-0.15, -0.1) is 0 Å². The number of phenolic OH excluding ortho intramolecular Hbond substituents is 2. The van der Waals surface area contributed by atoms with Gasteiger partial charge in [-0.25, -0.2) is 0 Å². The lowest BCUT2D eigenvalue weighted by molar-refractivity contribution is 0.466. The molecule has 4 heteroatoms.